The van der Waals surface area contributed by atoms with E-state index in [-0.39, 0.29) is 17.5 Å². The molecule has 1 aromatic rings. The van der Waals surface area contributed by atoms with Gasteiger partial charge in [-0.3, -0.25) is 0 Å². The Kier molecular flexibility index (Phi) is 5.36. The predicted octanol–water partition coefficient (Wildman–Crippen LogP) is 0.951. The average Bonchev–Trinajstić information content (AvgIpc) is 2.30. The number of methoxy groups -OCH3 is 1. The van der Waals surface area contributed by atoms with Crippen molar-refractivity contribution in [3.05, 3.63) is 26.3 Å². The van der Waals surface area contributed by atoms with Crippen LogP contribution in [0.4, 0.5) is 5.69 Å². The molecule has 0 fully saturated rings. The van der Waals surface area contributed by atoms with Crippen molar-refractivity contribution in [1.82, 2.24) is 0 Å². The van der Waals surface area contributed by atoms with Crippen LogP contribution in [0.5, 0.6) is 0 Å². The zero-order valence-electron chi connectivity index (χ0n) is 9.85. The first-order valence-corrected chi connectivity index (χ1v) is 6.32. The number of halogens is 2. The zero-order valence-corrected chi connectivity index (χ0v) is 12.8. The van der Waals surface area contributed by atoms with Crippen molar-refractivity contribution in [2.75, 3.05) is 7.11 Å². The Labute approximate surface area is 128 Å². The summed E-state index contributed by atoms with van der Waals surface area (Å²) in [5, 5.41) is 0.379. The van der Waals surface area contributed by atoms with Crippen LogP contribution in [-0.4, -0.2) is 25.0 Å². The minimum atomic E-state index is -0.586. The van der Waals surface area contributed by atoms with Gasteiger partial charge in [0.1, 0.15) is 0 Å². The molecule has 0 amide bonds. The van der Waals surface area contributed by atoms with Crippen LogP contribution < -0.4 is 17.2 Å². The van der Waals surface area contributed by atoms with E-state index in [4.69, 9.17) is 28.8 Å². The van der Waals surface area contributed by atoms with Gasteiger partial charge >= 0.3 is 5.97 Å². The lowest BCUT2D eigenvalue weighted by molar-refractivity contribution is 0.0601. The second-order valence-electron chi connectivity index (χ2n) is 3.28. The lowest BCUT2D eigenvalue weighted by Crippen LogP contribution is -2.26. The lowest BCUT2D eigenvalue weighted by atomic mass is 10.2. The third-order valence-electron chi connectivity index (χ3n) is 1.90. The van der Waals surface area contributed by atoms with Crippen LogP contribution in [-0.2, 0) is 4.74 Å². The number of guanidine groups is 2. The topological polar surface area (TPSA) is 129 Å². The zero-order chi connectivity index (χ0) is 14.6. The van der Waals surface area contributed by atoms with Crippen LogP contribution >= 0.6 is 34.2 Å². The summed E-state index contributed by atoms with van der Waals surface area (Å²) in [6.45, 7) is 0. The summed E-state index contributed by atoms with van der Waals surface area (Å²) in [5.41, 5.74) is 16.4. The van der Waals surface area contributed by atoms with E-state index in [1.165, 1.54) is 13.2 Å². The molecule has 0 aliphatic heterocycles. The number of ether oxygens (including phenoxy) is 1. The second kappa shape index (κ2) is 6.57. The van der Waals surface area contributed by atoms with Crippen LogP contribution in [0, 0.1) is 3.57 Å². The summed E-state index contributed by atoms with van der Waals surface area (Å²) in [5.74, 6) is -0.994. The van der Waals surface area contributed by atoms with Crippen molar-refractivity contribution in [1.29, 1.82) is 0 Å². The minimum Gasteiger partial charge on any atom is -0.465 e. The number of nitrogens with two attached hydrogens (primary N) is 3. The van der Waals surface area contributed by atoms with E-state index in [9.17, 15) is 4.79 Å². The fourth-order valence-electron chi connectivity index (χ4n) is 1.22. The van der Waals surface area contributed by atoms with Crippen molar-refractivity contribution >= 4 is 57.8 Å². The maximum absolute atomic E-state index is 11.7. The van der Waals surface area contributed by atoms with Crippen LogP contribution in [0.25, 0.3) is 0 Å². The highest BCUT2D eigenvalue weighted by molar-refractivity contribution is 14.1. The van der Waals surface area contributed by atoms with E-state index in [0.29, 0.717) is 14.3 Å². The van der Waals surface area contributed by atoms with Gasteiger partial charge in [0.2, 0.25) is 5.96 Å². The summed E-state index contributed by atoms with van der Waals surface area (Å²) >= 11 is 7.85. The molecule has 0 heterocycles. The molecule has 0 atom stereocenters. The van der Waals surface area contributed by atoms with E-state index in [1.807, 2.05) is 22.6 Å². The van der Waals surface area contributed by atoms with Gasteiger partial charge in [-0.1, -0.05) is 11.6 Å². The molecule has 7 nitrogen and oxygen atoms in total. The standard InChI is InChI=1S/C10H11ClIN5O2/c1-19-8(18)5-2-4(11)3-6(12)7(5)16-10(15)17-9(13)14/h2-3H,1H3,(H6,13,14,15,16,17). The van der Waals surface area contributed by atoms with Crippen LogP contribution in [0.1, 0.15) is 10.4 Å². The lowest BCUT2D eigenvalue weighted by Gasteiger charge is -2.07. The number of carbonyl (C=O) groups excluding carboxylic acids is 1. The maximum atomic E-state index is 11.7. The van der Waals surface area contributed by atoms with E-state index in [1.54, 1.807) is 6.07 Å². The SMILES string of the molecule is COC(=O)c1cc(Cl)cc(I)c1N=C(N)N=C(N)N. The van der Waals surface area contributed by atoms with Crippen molar-refractivity contribution in [2.45, 2.75) is 0 Å². The number of esters is 1. The number of nitrogens with zero attached hydrogens (tertiary/aromatic N) is 2. The van der Waals surface area contributed by atoms with Gasteiger partial charge in [-0.25, -0.2) is 9.79 Å². The predicted molar refractivity (Wildman–Crippen MR) is 82.6 cm³/mol. The smallest absolute Gasteiger partial charge is 0.340 e. The summed E-state index contributed by atoms with van der Waals surface area (Å²) in [4.78, 5) is 19.2. The normalized spacial score (nSPS) is 11.0. The first-order chi connectivity index (χ1) is 8.85. The third-order valence-corrected chi connectivity index (χ3v) is 2.94. The van der Waals surface area contributed by atoms with Gasteiger partial charge in [-0.2, -0.15) is 4.99 Å². The molecule has 0 saturated carbocycles. The molecule has 0 aromatic heterocycles. The van der Waals surface area contributed by atoms with Gasteiger partial charge in [0.25, 0.3) is 0 Å². The Morgan fingerprint density at radius 3 is 2.53 bits per heavy atom. The van der Waals surface area contributed by atoms with Gasteiger partial charge < -0.3 is 21.9 Å². The highest BCUT2D eigenvalue weighted by Gasteiger charge is 2.16. The molecule has 0 spiro atoms. The summed E-state index contributed by atoms with van der Waals surface area (Å²) in [7, 11) is 1.25. The van der Waals surface area contributed by atoms with Crippen molar-refractivity contribution in [3.8, 4) is 0 Å². The molecule has 102 valence electrons. The van der Waals surface area contributed by atoms with E-state index < -0.39 is 5.97 Å². The van der Waals surface area contributed by atoms with E-state index in [0.717, 1.165) is 0 Å². The fraction of sp³-hybridized carbons (Fsp3) is 0.100. The van der Waals surface area contributed by atoms with Crippen molar-refractivity contribution in [2.24, 2.45) is 27.2 Å². The van der Waals surface area contributed by atoms with E-state index >= 15 is 0 Å². The summed E-state index contributed by atoms with van der Waals surface area (Å²) in [6, 6.07) is 3.05. The maximum Gasteiger partial charge on any atom is 0.340 e. The molecule has 0 saturated heterocycles. The number of hydrogen-bond donors (Lipinski definition) is 3. The largest absolute Gasteiger partial charge is 0.465 e. The van der Waals surface area contributed by atoms with E-state index in [2.05, 4.69) is 14.7 Å². The quantitative estimate of drug-likeness (QED) is 0.297. The Hall–Kier alpha value is -1.55. The Morgan fingerprint density at radius 2 is 2.00 bits per heavy atom. The molecule has 0 aliphatic rings. The number of rotatable bonds is 2. The van der Waals surface area contributed by atoms with Gasteiger partial charge in [-0.05, 0) is 34.7 Å². The molecule has 1 aromatic carbocycles. The Morgan fingerprint density at radius 1 is 1.37 bits per heavy atom. The molecule has 0 radical (unpaired) electrons. The monoisotopic (exact) mass is 395 g/mol. The molecule has 6 N–H and O–H groups in total. The average molecular weight is 396 g/mol. The fourth-order valence-corrected chi connectivity index (χ4v) is 2.37. The first-order valence-electron chi connectivity index (χ1n) is 4.86. The highest BCUT2D eigenvalue weighted by atomic mass is 127. The number of hydrogen-bond acceptors (Lipinski definition) is 3. The minimum absolute atomic E-state index is 0.174. The van der Waals surface area contributed by atoms with Crippen molar-refractivity contribution < 1.29 is 9.53 Å². The van der Waals surface area contributed by atoms with Gasteiger partial charge in [0, 0.05) is 8.59 Å². The molecule has 1 rings (SSSR count). The van der Waals surface area contributed by atoms with Gasteiger partial charge in [-0.15, -0.1) is 0 Å². The molecule has 0 bridgehead atoms. The molecule has 0 aliphatic carbocycles. The van der Waals surface area contributed by atoms with Crippen LogP contribution in [0.15, 0.2) is 22.1 Å². The third kappa shape index (κ3) is 4.24. The van der Waals surface area contributed by atoms with Gasteiger partial charge in [0.15, 0.2) is 5.96 Å². The molecule has 0 unspecified atom stereocenters. The molecular formula is C10H11ClIN5O2. The Balaban J connectivity index is 3.41. The summed E-state index contributed by atoms with van der Waals surface area (Å²) < 4.78 is 5.26. The number of carbonyl (C=O) groups is 1. The Bertz CT molecular complexity index is 569. The second-order valence-corrected chi connectivity index (χ2v) is 4.88. The molecule has 19 heavy (non-hydrogen) atoms. The van der Waals surface area contributed by atoms with Gasteiger partial charge in [0.05, 0.1) is 18.4 Å². The number of benzene rings is 1. The summed E-state index contributed by atoms with van der Waals surface area (Å²) in [6.07, 6.45) is 0. The molecule has 9 heteroatoms. The van der Waals surface area contributed by atoms with Crippen LogP contribution in [0.2, 0.25) is 5.02 Å². The first kappa shape index (κ1) is 15.5. The highest BCUT2D eigenvalue weighted by Crippen LogP contribution is 2.30. The molecular weight excluding hydrogens is 385 g/mol. The number of aliphatic imine (C=N–C) groups is 2. The van der Waals surface area contributed by atoms with Crippen molar-refractivity contribution in [3.63, 3.8) is 0 Å². The van der Waals surface area contributed by atoms with Crippen LogP contribution in [0.3, 0.4) is 0 Å².